The Morgan fingerprint density at radius 2 is 1.78 bits per heavy atom. The van der Waals surface area contributed by atoms with E-state index >= 15 is 0 Å². The highest BCUT2D eigenvalue weighted by molar-refractivity contribution is 7.89. The van der Waals surface area contributed by atoms with Crippen molar-refractivity contribution in [3.05, 3.63) is 65.0 Å². The first-order chi connectivity index (χ1) is 12.7. The largest absolute Gasteiger partial charge is 0.340 e. The fourth-order valence-corrected chi connectivity index (χ4v) is 4.44. The van der Waals surface area contributed by atoms with Crippen LogP contribution < -0.4 is 0 Å². The monoisotopic (exact) mass is 392 g/mol. The zero-order valence-electron chi connectivity index (χ0n) is 16.1. The number of benzene rings is 2. The van der Waals surface area contributed by atoms with E-state index in [9.17, 15) is 17.6 Å². The molecule has 0 radical (unpaired) electrons. The van der Waals surface area contributed by atoms with Crippen LogP contribution >= 0.6 is 0 Å². The second-order valence-corrected chi connectivity index (χ2v) is 8.45. The van der Waals surface area contributed by atoms with E-state index in [4.69, 9.17) is 0 Å². The molecular formula is C20H25FN2O3S. The topological polar surface area (TPSA) is 57.7 Å². The molecule has 0 aliphatic rings. The minimum Gasteiger partial charge on any atom is -0.340 e. The van der Waals surface area contributed by atoms with Gasteiger partial charge in [0.1, 0.15) is 5.82 Å². The Balaban J connectivity index is 2.19. The van der Waals surface area contributed by atoms with Crippen LogP contribution in [0.25, 0.3) is 0 Å². The van der Waals surface area contributed by atoms with Crippen molar-refractivity contribution in [2.24, 2.45) is 0 Å². The molecule has 2 aromatic carbocycles. The van der Waals surface area contributed by atoms with Gasteiger partial charge in [0.2, 0.25) is 15.9 Å². The molecule has 2 aromatic rings. The van der Waals surface area contributed by atoms with Gasteiger partial charge >= 0.3 is 0 Å². The van der Waals surface area contributed by atoms with Gasteiger partial charge < -0.3 is 4.90 Å². The fraction of sp³-hybridized carbons (Fsp3) is 0.350. The highest BCUT2D eigenvalue weighted by Gasteiger charge is 2.28. The van der Waals surface area contributed by atoms with Gasteiger partial charge in [0, 0.05) is 25.7 Å². The van der Waals surface area contributed by atoms with Crippen molar-refractivity contribution in [1.82, 2.24) is 9.21 Å². The molecule has 146 valence electrons. The summed E-state index contributed by atoms with van der Waals surface area (Å²) < 4.78 is 40.9. The molecule has 2 rings (SSSR count). The van der Waals surface area contributed by atoms with Crippen LogP contribution in [0.2, 0.25) is 0 Å². The number of rotatable bonds is 7. The predicted molar refractivity (Wildman–Crippen MR) is 103 cm³/mol. The first-order valence-corrected chi connectivity index (χ1v) is 10.2. The van der Waals surface area contributed by atoms with Crippen molar-refractivity contribution in [1.29, 1.82) is 0 Å². The predicted octanol–water partition coefficient (Wildman–Crippen LogP) is 3.11. The van der Waals surface area contributed by atoms with Gasteiger partial charge in [0.05, 0.1) is 11.4 Å². The van der Waals surface area contributed by atoms with Crippen LogP contribution in [0, 0.1) is 19.7 Å². The van der Waals surface area contributed by atoms with E-state index in [0.717, 1.165) is 9.87 Å². The van der Waals surface area contributed by atoms with Crippen molar-refractivity contribution < 1.29 is 17.6 Å². The molecule has 0 aliphatic carbocycles. The number of nitrogens with zero attached hydrogens (tertiary/aromatic N) is 2. The first-order valence-electron chi connectivity index (χ1n) is 8.71. The number of hydrogen-bond donors (Lipinski definition) is 0. The van der Waals surface area contributed by atoms with Gasteiger partial charge in [-0.3, -0.25) is 4.79 Å². The zero-order chi connectivity index (χ0) is 20.2. The minimum absolute atomic E-state index is 0.0760. The Hall–Kier alpha value is -2.25. The van der Waals surface area contributed by atoms with Crippen LogP contribution in [0.3, 0.4) is 0 Å². The van der Waals surface area contributed by atoms with Gasteiger partial charge in [0.15, 0.2) is 0 Å². The molecule has 0 bridgehead atoms. The summed E-state index contributed by atoms with van der Waals surface area (Å²) in [5.41, 5.74) is 1.85. The van der Waals surface area contributed by atoms with Gasteiger partial charge in [-0.25, -0.2) is 12.8 Å². The third kappa shape index (κ3) is 4.93. The van der Waals surface area contributed by atoms with Crippen LogP contribution in [-0.4, -0.2) is 43.7 Å². The fourth-order valence-electron chi connectivity index (χ4n) is 2.73. The number of aryl methyl sites for hydroxylation is 2. The lowest BCUT2D eigenvalue weighted by molar-refractivity contribution is -0.130. The molecule has 0 saturated carbocycles. The SMILES string of the molecule is CCN(CC(=O)N(C)Cc1ccccc1F)S(=O)(=O)c1cc(C)ccc1C. The Morgan fingerprint density at radius 3 is 2.41 bits per heavy atom. The highest BCUT2D eigenvalue weighted by atomic mass is 32.2. The number of amides is 1. The number of carbonyl (C=O) groups excluding carboxylic acids is 1. The highest BCUT2D eigenvalue weighted by Crippen LogP contribution is 2.21. The van der Waals surface area contributed by atoms with E-state index in [1.165, 1.54) is 18.0 Å². The third-order valence-electron chi connectivity index (χ3n) is 4.42. The molecule has 0 aromatic heterocycles. The van der Waals surface area contributed by atoms with Crippen molar-refractivity contribution >= 4 is 15.9 Å². The smallest absolute Gasteiger partial charge is 0.243 e. The molecule has 5 nitrogen and oxygen atoms in total. The normalized spacial score (nSPS) is 11.6. The van der Waals surface area contributed by atoms with Crippen LogP contribution in [0.15, 0.2) is 47.4 Å². The van der Waals surface area contributed by atoms with Crippen LogP contribution in [-0.2, 0) is 21.4 Å². The average molecular weight is 392 g/mol. The lowest BCUT2D eigenvalue weighted by atomic mass is 10.2. The van der Waals surface area contributed by atoms with Crippen molar-refractivity contribution in [2.45, 2.75) is 32.2 Å². The number of hydrogen-bond acceptors (Lipinski definition) is 3. The van der Waals surface area contributed by atoms with Crippen molar-refractivity contribution in [3.8, 4) is 0 Å². The van der Waals surface area contributed by atoms with E-state index in [1.807, 2.05) is 13.0 Å². The molecular weight excluding hydrogens is 367 g/mol. The van der Waals surface area contributed by atoms with Crippen molar-refractivity contribution in [2.75, 3.05) is 20.1 Å². The standard InChI is InChI=1S/C20H25FN2O3S/c1-5-23(27(25,26)19-12-15(2)10-11-16(19)3)14-20(24)22(4)13-17-8-6-7-9-18(17)21/h6-12H,5,13-14H2,1-4H3. The summed E-state index contributed by atoms with van der Waals surface area (Å²) in [6.45, 7) is 5.18. The van der Waals surface area contributed by atoms with E-state index in [1.54, 1.807) is 44.2 Å². The molecule has 0 atom stereocenters. The Labute approximate surface area is 160 Å². The summed E-state index contributed by atoms with van der Waals surface area (Å²) in [6.07, 6.45) is 0. The summed E-state index contributed by atoms with van der Waals surface area (Å²) in [4.78, 5) is 14.1. The number of carbonyl (C=O) groups is 1. The van der Waals surface area contributed by atoms with Gasteiger partial charge in [-0.1, -0.05) is 37.3 Å². The van der Waals surface area contributed by atoms with E-state index in [0.29, 0.717) is 11.1 Å². The Bertz CT molecular complexity index is 929. The molecule has 7 heteroatoms. The molecule has 27 heavy (non-hydrogen) atoms. The molecule has 0 fully saturated rings. The maximum atomic E-state index is 13.8. The maximum Gasteiger partial charge on any atom is 0.243 e. The summed E-state index contributed by atoms with van der Waals surface area (Å²) >= 11 is 0. The molecule has 0 unspecified atom stereocenters. The Morgan fingerprint density at radius 1 is 1.11 bits per heavy atom. The molecule has 0 aliphatic heterocycles. The molecule has 0 spiro atoms. The maximum absolute atomic E-state index is 13.8. The number of sulfonamides is 1. The third-order valence-corrected chi connectivity index (χ3v) is 6.48. The summed E-state index contributed by atoms with van der Waals surface area (Å²) in [5.74, 6) is -0.790. The summed E-state index contributed by atoms with van der Waals surface area (Å²) in [6, 6.07) is 11.4. The lowest BCUT2D eigenvalue weighted by Crippen LogP contribution is -2.41. The number of likely N-dealkylation sites (N-methyl/N-ethyl adjacent to an activating group) is 2. The van der Waals surface area contributed by atoms with Crippen LogP contribution in [0.5, 0.6) is 0 Å². The van der Waals surface area contributed by atoms with E-state index in [2.05, 4.69) is 0 Å². The second kappa shape index (κ2) is 8.63. The van der Waals surface area contributed by atoms with Gasteiger partial charge in [0.25, 0.3) is 0 Å². The lowest BCUT2D eigenvalue weighted by Gasteiger charge is -2.24. The van der Waals surface area contributed by atoms with Crippen LogP contribution in [0.4, 0.5) is 4.39 Å². The van der Waals surface area contributed by atoms with Crippen molar-refractivity contribution in [3.63, 3.8) is 0 Å². The van der Waals surface area contributed by atoms with E-state index < -0.39 is 21.7 Å². The van der Waals surface area contributed by atoms with Crippen LogP contribution in [0.1, 0.15) is 23.6 Å². The molecule has 0 heterocycles. The minimum atomic E-state index is -3.80. The quantitative estimate of drug-likeness (QED) is 0.728. The van der Waals surface area contributed by atoms with Gasteiger partial charge in [-0.2, -0.15) is 4.31 Å². The van der Waals surface area contributed by atoms with Gasteiger partial charge in [-0.15, -0.1) is 0 Å². The second-order valence-electron chi connectivity index (χ2n) is 6.54. The Kier molecular flexibility index (Phi) is 6.73. The molecule has 0 saturated heterocycles. The first kappa shape index (κ1) is 21.1. The van der Waals surface area contributed by atoms with E-state index in [-0.39, 0.29) is 24.5 Å². The molecule has 1 amide bonds. The number of halogens is 1. The summed E-state index contributed by atoms with van der Waals surface area (Å²) in [5, 5.41) is 0. The molecule has 0 N–H and O–H groups in total. The average Bonchev–Trinajstić information content (AvgIpc) is 2.63. The zero-order valence-corrected chi connectivity index (χ0v) is 16.9. The van der Waals surface area contributed by atoms with Gasteiger partial charge in [-0.05, 0) is 37.1 Å². The summed E-state index contributed by atoms with van der Waals surface area (Å²) in [7, 11) is -2.27.